The van der Waals surface area contributed by atoms with Crippen molar-refractivity contribution < 1.29 is 10.2 Å². The Morgan fingerprint density at radius 1 is 1.36 bits per heavy atom. The van der Waals surface area contributed by atoms with Crippen molar-refractivity contribution in [1.29, 1.82) is 0 Å². The Kier molecular flexibility index (Phi) is 4.19. The molecule has 14 heavy (non-hydrogen) atoms. The highest BCUT2D eigenvalue weighted by molar-refractivity contribution is 8.01. The van der Waals surface area contributed by atoms with Crippen LogP contribution in [0.3, 0.4) is 0 Å². The van der Waals surface area contributed by atoms with Gasteiger partial charge in [0.25, 0.3) is 0 Å². The molecule has 0 saturated carbocycles. The first-order valence-electron chi connectivity index (χ1n) is 4.16. The second-order valence-corrected chi connectivity index (χ2v) is 3.49. The highest BCUT2D eigenvalue weighted by Gasteiger charge is 1.98. The molecule has 1 rings (SSSR count). The summed E-state index contributed by atoms with van der Waals surface area (Å²) in [5, 5.41) is 23.3. The van der Waals surface area contributed by atoms with E-state index in [1.165, 1.54) is 12.1 Å². The molecule has 0 radical (unpaired) electrons. The molecule has 1 aromatic rings. The molecule has 0 amide bonds. The number of hydrogen-bond donors (Lipinski definition) is 3. The first-order valence-corrected chi connectivity index (χ1v) is 5.45. The number of thioether (sulfide) groups is 1. The van der Waals surface area contributed by atoms with Crippen LogP contribution in [0.2, 0.25) is 0 Å². The summed E-state index contributed by atoms with van der Waals surface area (Å²) in [7, 11) is 0. The van der Waals surface area contributed by atoms with E-state index in [0.717, 1.165) is 5.56 Å². The fourth-order valence-corrected chi connectivity index (χ4v) is 1.20. The van der Waals surface area contributed by atoms with Gasteiger partial charge in [-0.05, 0) is 29.4 Å². The number of phenols is 2. The van der Waals surface area contributed by atoms with Crippen molar-refractivity contribution in [3.05, 3.63) is 35.4 Å². The third-order valence-electron chi connectivity index (χ3n) is 1.67. The standard InChI is InChI=1S/C10H13NO2S/c1-14-5-4-11-7-8-2-3-9(12)10(13)6-8/h2-6,11-13H,7H2,1H3/b5-4+. The second-order valence-electron chi connectivity index (χ2n) is 2.74. The lowest BCUT2D eigenvalue weighted by Gasteiger charge is -2.03. The molecule has 1 aromatic carbocycles. The van der Waals surface area contributed by atoms with Crippen molar-refractivity contribution in [2.24, 2.45) is 0 Å². The lowest BCUT2D eigenvalue weighted by Crippen LogP contribution is -2.03. The molecule has 0 unspecified atom stereocenters. The monoisotopic (exact) mass is 211 g/mol. The van der Waals surface area contributed by atoms with E-state index in [2.05, 4.69) is 5.32 Å². The Morgan fingerprint density at radius 2 is 2.14 bits per heavy atom. The molecule has 0 saturated heterocycles. The third-order valence-corrected chi connectivity index (χ3v) is 2.08. The molecule has 76 valence electrons. The third kappa shape index (κ3) is 3.22. The summed E-state index contributed by atoms with van der Waals surface area (Å²) in [5.41, 5.74) is 0.922. The van der Waals surface area contributed by atoms with Gasteiger partial charge in [0.2, 0.25) is 0 Å². The van der Waals surface area contributed by atoms with Gasteiger partial charge in [-0.25, -0.2) is 0 Å². The van der Waals surface area contributed by atoms with Gasteiger partial charge in [0.05, 0.1) is 0 Å². The fourth-order valence-electron chi connectivity index (χ4n) is 0.972. The van der Waals surface area contributed by atoms with E-state index in [-0.39, 0.29) is 11.5 Å². The average molecular weight is 211 g/mol. The van der Waals surface area contributed by atoms with Crippen LogP contribution in [0, 0.1) is 0 Å². The molecule has 0 heterocycles. The van der Waals surface area contributed by atoms with Crippen LogP contribution in [-0.4, -0.2) is 16.5 Å². The SMILES string of the molecule is CS/C=C/NCc1ccc(O)c(O)c1. The summed E-state index contributed by atoms with van der Waals surface area (Å²) in [4.78, 5) is 0. The van der Waals surface area contributed by atoms with Crippen LogP contribution < -0.4 is 5.32 Å². The predicted octanol–water partition coefficient (Wildman–Crippen LogP) is 2.02. The number of nitrogens with one attached hydrogen (secondary N) is 1. The van der Waals surface area contributed by atoms with E-state index in [0.29, 0.717) is 6.54 Å². The number of benzene rings is 1. The number of phenolic OH excluding ortho intramolecular Hbond substituents is 2. The zero-order chi connectivity index (χ0) is 10.4. The number of hydrogen-bond acceptors (Lipinski definition) is 4. The van der Waals surface area contributed by atoms with E-state index < -0.39 is 0 Å². The maximum Gasteiger partial charge on any atom is 0.157 e. The summed E-state index contributed by atoms with van der Waals surface area (Å²) >= 11 is 1.61. The maximum absolute atomic E-state index is 9.20. The minimum absolute atomic E-state index is 0.0850. The Bertz CT molecular complexity index is 326. The highest BCUT2D eigenvalue weighted by Crippen LogP contribution is 2.24. The predicted molar refractivity (Wildman–Crippen MR) is 59.3 cm³/mol. The molecule has 0 bridgehead atoms. The van der Waals surface area contributed by atoms with Crippen molar-refractivity contribution in [2.75, 3.05) is 6.26 Å². The molecule has 3 nitrogen and oxygen atoms in total. The Balaban J connectivity index is 2.51. The smallest absolute Gasteiger partial charge is 0.157 e. The van der Waals surface area contributed by atoms with Gasteiger partial charge in [-0.2, -0.15) is 0 Å². The zero-order valence-electron chi connectivity index (χ0n) is 7.90. The van der Waals surface area contributed by atoms with Crippen LogP contribution in [0.1, 0.15) is 5.56 Å². The molecule has 0 aromatic heterocycles. The molecule has 4 heteroatoms. The van der Waals surface area contributed by atoms with E-state index in [1.54, 1.807) is 17.8 Å². The lowest BCUT2D eigenvalue weighted by molar-refractivity contribution is 0.403. The van der Waals surface area contributed by atoms with Gasteiger partial charge in [0.1, 0.15) is 0 Å². The largest absolute Gasteiger partial charge is 0.504 e. The first-order chi connectivity index (χ1) is 6.74. The van der Waals surface area contributed by atoms with Crippen LogP contribution in [0.15, 0.2) is 29.8 Å². The van der Waals surface area contributed by atoms with Crippen molar-refractivity contribution in [2.45, 2.75) is 6.54 Å². The molecule has 0 fully saturated rings. The summed E-state index contributed by atoms with van der Waals surface area (Å²) in [6, 6.07) is 4.77. The van der Waals surface area contributed by atoms with Crippen LogP contribution in [0.25, 0.3) is 0 Å². The van der Waals surface area contributed by atoms with Crippen LogP contribution in [0.5, 0.6) is 11.5 Å². The van der Waals surface area contributed by atoms with Crippen LogP contribution >= 0.6 is 11.8 Å². The molecule has 3 N–H and O–H groups in total. The minimum Gasteiger partial charge on any atom is -0.504 e. The van der Waals surface area contributed by atoms with Gasteiger partial charge in [-0.3, -0.25) is 0 Å². The lowest BCUT2D eigenvalue weighted by atomic mass is 10.2. The fraction of sp³-hybridized carbons (Fsp3) is 0.200. The Labute approximate surface area is 87.5 Å². The van der Waals surface area contributed by atoms with Crippen LogP contribution in [0.4, 0.5) is 0 Å². The minimum atomic E-state index is -0.0894. The van der Waals surface area contributed by atoms with Crippen molar-refractivity contribution >= 4 is 11.8 Å². The summed E-state index contributed by atoms with van der Waals surface area (Å²) < 4.78 is 0. The molecule has 0 spiro atoms. The van der Waals surface area contributed by atoms with Gasteiger partial charge in [0.15, 0.2) is 11.5 Å². The van der Waals surface area contributed by atoms with Crippen molar-refractivity contribution in [1.82, 2.24) is 5.32 Å². The van der Waals surface area contributed by atoms with E-state index in [4.69, 9.17) is 5.11 Å². The van der Waals surface area contributed by atoms with Crippen molar-refractivity contribution in [3.63, 3.8) is 0 Å². The molecule has 0 atom stereocenters. The molecular formula is C10H13NO2S. The van der Waals surface area contributed by atoms with E-state index in [9.17, 15) is 5.11 Å². The molecule has 0 aliphatic rings. The van der Waals surface area contributed by atoms with Crippen LogP contribution in [-0.2, 0) is 6.54 Å². The number of aromatic hydroxyl groups is 2. The Hall–Kier alpha value is -1.29. The van der Waals surface area contributed by atoms with Gasteiger partial charge in [0, 0.05) is 12.7 Å². The quantitative estimate of drug-likeness (QED) is 0.667. The molecule has 0 aliphatic carbocycles. The van der Waals surface area contributed by atoms with Gasteiger partial charge in [-0.15, -0.1) is 11.8 Å². The average Bonchev–Trinajstić information content (AvgIpc) is 2.18. The van der Waals surface area contributed by atoms with Gasteiger partial charge in [-0.1, -0.05) is 6.07 Å². The van der Waals surface area contributed by atoms with Gasteiger partial charge < -0.3 is 15.5 Å². The summed E-state index contributed by atoms with van der Waals surface area (Å²) in [6.07, 6.45) is 3.82. The molecule has 0 aliphatic heterocycles. The topological polar surface area (TPSA) is 52.5 Å². The van der Waals surface area contributed by atoms with Crippen molar-refractivity contribution in [3.8, 4) is 11.5 Å². The maximum atomic E-state index is 9.20. The zero-order valence-corrected chi connectivity index (χ0v) is 8.71. The number of rotatable bonds is 4. The second kappa shape index (κ2) is 5.44. The normalized spacial score (nSPS) is 10.6. The summed E-state index contributed by atoms with van der Waals surface area (Å²) in [6.45, 7) is 0.630. The molecular weight excluding hydrogens is 198 g/mol. The summed E-state index contributed by atoms with van der Waals surface area (Å²) in [5.74, 6) is -0.174. The van der Waals surface area contributed by atoms with Gasteiger partial charge >= 0.3 is 0 Å². The highest BCUT2D eigenvalue weighted by atomic mass is 32.2. The van der Waals surface area contributed by atoms with E-state index in [1.807, 2.05) is 17.9 Å². The van der Waals surface area contributed by atoms with E-state index >= 15 is 0 Å². The Morgan fingerprint density at radius 3 is 2.79 bits per heavy atom. The first kappa shape index (κ1) is 10.8.